The Morgan fingerprint density at radius 2 is 1.19 bits per heavy atom. The number of aromatic nitrogens is 1. The summed E-state index contributed by atoms with van der Waals surface area (Å²) in [6.07, 6.45) is 2.39. The van der Waals surface area contributed by atoms with Crippen molar-refractivity contribution in [2.75, 3.05) is 5.32 Å². The Hall–Kier alpha value is -6.66. The van der Waals surface area contributed by atoms with Crippen molar-refractivity contribution in [3.05, 3.63) is 174 Å². The van der Waals surface area contributed by atoms with E-state index in [2.05, 4.69) is 210 Å². The fourth-order valence-corrected chi connectivity index (χ4v) is 14.1. The lowest BCUT2D eigenvalue weighted by molar-refractivity contribution is 0.332. The first-order valence-corrected chi connectivity index (χ1v) is 25.4. The van der Waals surface area contributed by atoms with Crippen LogP contribution in [0.25, 0.3) is 101 Å². The molecule has 0 saturated carbocycles. The zero-order valence-electron chi connectivity index (χ0n) is 38.7. The maximum absolute atomic E-state index is 4.01. The van der Waals surface area contributed by atoms with Crippen LogP contribution in [0.3, 0.4) is 0 Å². The van der Waals surface area contributed by atoms with Crippen molar-refractivity contribution < 1.29 is 0 Å². The molecule has 4 heterocycles. The number of anilines is 2. The number of nitrogens with one attached hydrogen (secondary N) is 1. The summed E-state index contributed by atoms with van der Waals surface area (Å²) in [5.41, 5.74) is 19.1. The molecule has 2 nitrogen and oxygen atoms in total. The summed E-state index contributed by atoms with van der Waals surface area (Å²) < 4.78 is 7.91. The summed E-state index contributed by atoms with van der Waals surface area (Å²) in [5, 5.41) is 14.4. The third-order valence-electron chi connectivity index (χ3n) is 15.6. The van der Waals surface area contributed by atoms with Gasteiger partial charge in [0.1, 0.15) is 0 Å². The number of hydrogen-bond acceptors (Lipinski definition) is 3. The molecule has 9 aromatic carbocycles. The highest BCUT2D eigenvalue weighted by Crippen LogP contribution is 2.51. The number of thiophene rings is 2. The smallest absolute Gasteiger partial charge is 0.197 e. The van der Waals surface area contributed by atoms with Gasteiger partial charge in [0, 0.05) is 79.3 Å². The second kappa shape index (κ2) is 13.9. The first kappa shape index (κ1) is 39.5. The maximum Gasteiger partial charge on any atom is 0.197 e. The van der Waals surface area contributed by atoms with Gasteiger partial charge in [-0.15, -0.1) is 22.7 Å². The molecule has 2 aliphatic rings. The lowest BCUT2D eigenvalue weighted by Crippen LogP contribution is -2.37. The lowest BCUT2D eigenvalue weighted by Gasteiger charge is -2.41. The Kier molecular flexibility index (Phi) is 8.22. The Morgan fingerprint density at radius 1 is 0.522 bits per heavy atom. The predicted molar refractivity (Wildman–Crippen MR) is 294 cm³/mol. The molecular formula is C62H48BN2S2. The molecule has 1 aliphatic heterocycles. The van der Waals surface area contributed by atoms with E-state index in [0.29, 0.717) is 0 Å². The van der Waals surface area contributed by atoms with Crippen LogP contribution in [0.2, 0.25) is 0 Å². The van der Waals surface area contributed by atoms with Crippen LogP contribution in [0.5, 0.6) is 0 Å². The second-order valence-corrected chi connectivity index (χ2v) is 23.0. The van der Waals surface area contributed by atoms with Crippen molar-refractivity contribution in [1.82, 2.24) is 4.57 Å². The minimum Gasteiger partial charge on any atom is -0.355 e. The van der Waals surface area contributed by atoms with Gasteiger partial charge < -0.3 is 9.88 Å². The topological polar surface area (TPSA) is 17.0 Å². The quantitative estimate of drug-likeness (QED) is 0.174. The van der Waals surface area contributed by atoms with Crippen LogP contribution < -0.4 is 16.2 Å². The zero-order chi connectivity index (χ0) is 45.1. The number of nitrogens with zero attached hydrogens (tertiary/aromatic N) is 1. The Labute approximate surface area is 399 Å². The second-order valence-electron chi connectivity index (χ2n) is 20.8. The molecule has 321 valence electrons. The molecule has 0 unspecified atom stereocenters. The van der Waals surface area contributed by atoms with Gasteiger partial charge in [-0.25, -0.2) is 0 Å². The average Bonchev–Trinajstić information content (AvgIpc) is 3.99. The van der Waals surface area contributed by atoms with E-state index >= 15 is 0 Å². The molecule has 0 fully saturated rings. The summed E-state index contributed by atoms with van der Waals surface area (Å²) in [6, 6.07) is 58.3. The molecule has 0 bridgehead atoms. The van der Waals surface area contributed by atoms with Crippen LogP contribution in [-0.4, -0.2) is 11.8 Å². The minimum absolute atomic E-state index is 0.112. The molecule has 67 heavy (non-hydrogen) atoms. The van der Waals surface area contributed by atoms with Gasteiger partial charge in [-0.05, 0) is 154 Å². The van der Waals surface area contributed by atoms with Crippen molar-refractivity contribution in [2.45, 2.75) is 65.2 Å². The van der Waals surface area contributed by atoms with Crippen molar-refractivity contribution in [1.29, 1.82) is 0 Å². The van der Waals surface area contributed by atoms with E-state index in [1.165, 1.54) is 147 Å². The van der Waals surface area contributed by atoms with Crippen LogP contribution in [0.1, 0.15) is 62.8 Å². The minimum atomic E-state index is 0.112. The van der Waals surface area contributed by atoms with Gasteiger partial charge in [0.25, 0.3) is 0 Å². The number of aryl methyl sites for hydroxylation is 2. The SMILES string of the molecule is Cc1ccc(Nc2cc3sc4cc5c(cc4c3cc2-c2cc(-c3ccc4c(c3)sc3ccccc34)c3c4cc6ccccc6cc4n4c3c2[B]c2cc(C)ccc2-4)C(C)(C)CCC5(C)C)cc1. The van der Waals surface area contributed by atoms with Crippen LogP contribution in [0.15, 0.2) is 152 Å². The molecule has 0 spiro atoms. The molecule has 0 amide bonds. The molecule has 0 atom stereocenters. The van der Waals surface area contributed by atoms with E-state index < -0.39 is 0 Å². The van der Waals surface area contributed by atoms with Gasteiger partial charge >= 0.3 is 0 Å². The summed E-state index contributed by atoms with van der Waals surface area (Å²) in [5.74, 6) is 0. The van der Waals surface area contributed by atoms with E-state index in [-0.39, 0.29) is 10.8 Å². The van der Waals surface area contributed by atoms with Crippen molar-refractivity contribution in [3.63, 3.8) is 0 Å². The summed E-state index contributed by atoms with van der Waals surface area (Å²) in [4.78, 5) is 0. The van der Waals surface area contributed by atoms with Crippen LogP contribution in [0.4, 0.5) is 11.4 Å². The molecule has 1 aliphatic carbocycles. The van der Waals surface area contributed by atoms with Gasteiger partial charge in [-0.3, -0.25) is 0 Å². The Morgan fingerprint density at radius 3 is 2.01 bits per heavy atom. The molecule has 12 aromatic rings. The van der Waals surface area contributed by atoms with Gasteiger partial charge in [0.05, 0.1) is 5.52 Å². The fourth-order valence-electron chi connectivity index (χ4n) is 11.8. The van der Waals surface area contributed by atoms with Crippen LogP contribution in [0, 0.1) is 13.8 Å². The first-order chi connectivity index (χ1) is 32.5. The van der Waals surface area contributed by atoms with Crippen LogP contribution in [-0.2, 0) is 10.8 Å². The molecule has 1 radical (unpaired) electrons. The number of rotatable bonds is 4. The first-order valence-electron chi connectivity index (χ1n) is 23.8. The number of fused-ring (bicyclic) bond motifs is 13. The molecule has 5 heteroatoms. The average molecular weight is 896 g/mol. The maximum atomic E-state index is 4.01. The standard InChI is InChI=1S/C62H48BN2S2/c1-34-15-19-39(20-16-34)64-51-33-57-44(45-31-48-49(32-56(45)67-57)62(5,6)24-23-61(48,3)4)30-43(51)46-29-42(38-18-21-41-40-13-9-10-14-54(40)66-55(41)28-38)58-47-26-36-11-7-8-12-37(36)27-53(47)65-52-22-17-35(2)25-50(52)63-59(46)60(58)65/h7-22,25-33,64H,23-24H2,1-6H3. The lowest BCUT2D eigenvalue weighted by atomic mass is 9.58. The predicted octanol–water partition coefficient (Wildman–Crippen LogP) is 16.7. The van der Waals surface area contributed by atoms with E-state index in [9.17, 15) is 0 Å². The van der Waals surface area contributed by atoms with Crippen molar-refractivity contribution in [2.24, 2.45) is 0 Å². The molecular weight excluding hydrogens is 848 g/mol. The monoisotopic (exact) mass is 895 g/mol. The highest BCUT2D eigenvalue weighted by atomic mass is 32.1. The molecule has 3 aromatic heterocycles. The van der Waals surface area contributed by atoms with E-state index in [4.69, 9.17) is 0 Å². The van der Waals surface area contributed by atoms with Crippen molar-refractivity contribution in [3.8, 4) is 27.9 Å². The van der Waals surface area contributed by atoms with Crippen molar-refractivity contribution >= 4 is 125 Å². The van der Waals surface area contributed by atoms with E-state index in [1.54, 1.807) is 0 Å². The zero-order valence-corrected chi connectivity index (χ0v) is 40.3. The third-order valence-corrected chi connectivity index (χ3v) is 17.8. The number of hydrogen-bond donors (Lipinski definition) is 1. The highest BCUT2D eigenvalue weighted by molar-refractivity contribution is 7.26. The number of benzene rings is 9. The van der Waals surface area contributed by atoms with Gasteiger partial charge in [-0.2, -0.15) is 0 Å². The third kappa shape index (κ3) is 5.87. The normalized spacial score (nSPS) is 15.0. The molecule has 1 N–H and O–H groups in total. The fraction of sp³-hybridized carbons (Fsp3) is 0.161. The van der Waals surface area contributed by atoms with Crippen LogP contribution >= 0.6 is 22.7 Å². The highest BCUT2D eigenvalue weighted by Gasteiger charge is 2.38. The summed E-state index contributed by atoms with van der Waals surface area (Å²) in [6.45, 7) is 14.2. The molecule has 0 saturated heterocycles. The van der Waals surface area contributed by atoms with E-state index in [1.807, 2.05) is 22.7 Å². The van der Waals surface area contributed by atoms with E-state index in [0.717, 1.165) is 11.4 Å². The molecule has 14 rings (SSSR count). The van der Waals surface area contributed by atoms with Gasteiger partial charge in [-0.1, -0.05) is 123 Å². The van der Waals surface area contributed by atoms with Gasteiger partial charge in [0.15, 0.2) is 7.28 Å². The van der Waals surface area contributed by atoms with Gasteiger partial charge in [0.2, 0.25) is 0 Å². The summed E-state index contributed by atoms with van der Waals surface area (Å²) >= 11 is 3.84. The Bertz CT molecular complexity index is 4120. The summed E-state index contributed by atoms with van der Waals surface area (Å²) in [7, 11) is 2.49. The largest absolute Gasteiger partial charge is 0.355 e. The Balaban J connectivity index is 1.13.